The molecule has 0 aliphatic carbocycles. The molecule has 0 saturated heterocycles. The second-order valence-corrected chi connectivity index (χ2v) is 0.231. The maximum absolute atomic E-state index is 8.45. The molecule has 0 aliphatic heterocycles. The Bertz CT molecular complexity index is 15.5. The second-order valence-electron chi connectivity index (χ2n) is 0.0772. The Morgan fingerprint density at radius 2 is 1.75 bits per heavy atom. The third-order valence-electron chi connectivity index (χ3n) is 0. The van der Waals surface area contributed by atoms with E-state index < -0.39 is 0 Å². The first kappa shape index (κ1) is 8.82. The van der Waals surface area contributed by atoms with Gasteiger partial charge in [-0.2, -0.15) is 5.75 Å². The van der Waals surface area contributed by atoms with Crippen molar-refractivity contribution < 1.29 is 25.9 Å². The Hall–Kier alpha value is 0.648. The first-order valence-corrected chi connectivity index (χ1v) is 0.771. The fraction of sp³-hybridized carbons (Fsp3) is 0. The summed E-state index contributed by atoms with van der Waals surface area (Å²) in [7, 11) is 0. The molecule has 0 fully saturated rings. The van der Waals surface area contributed by atoms with Gasteiger partial charge in [-0.25, -0.2) is 0 Å². The molecule has 0 rings (SSSR count). The molecule has 3 heteroatoms. The van der Waals surface area contributed by atoms with Crippen molar-refractivity contribution in [3.8, 4) is 0 Å². The largest absolute Gasteiger partial charge is 0.525 e. The third kappa shape index (κ3) is 17.1. The molecule has 0 saturated carbocycles. The van der Waals surface area contributed by atoms with Crippen LogP contribution < -0.4 is 0 Å². The summed E-state index contributed by atoms with van der Waals surface area (Å²) in [6.07, 6.45) is 0. The summed E-state index contributed by atoms with van der Waals surface area (Å²) in [4.78, 5) is 8.45. The minimum Gasteiger partial charge on any atom is -0.525 e. The molecule has 0 heterocycles. The van der Waals surface area contributed by atoms with Crippen molar-refractivity contribution in [3.63, 3.8) is 0 Å². The van der Waals surface area contributed by atoms with E-state index in [1.54, 1.807) is 0 Å². The van der Waals surface area contributed by atoms with Crippen molar-refractivity contribution in [1.29, 1.82) is 0 Å². The van der Waals surface area contributed by atoms with Crippen molar-refractivity contribution in [2.75, 3.05) is 0 Å². The zero-order chi connectivity index (χ0) is 2.71. The predicted molar refractivity (Wildman–Crippen MR) is 11.5 cm³/mol. The average molecular weight is 259 g/mol. The van der Waals surface area contributed by atoms with Crippen LogP contribution in [-0.2, 0) is 25.9 Å². The fourth-order valence-electron chi connectivity index (χ4n) is 0. The van der Waals surface area contributed by atoms with Crippen LogP contribution >= 0.6 is 11.6 Å². The molecule has 4 heavy (non-hydrogen) atoms. The van der Waals surface area contributed by atoms with Crippen molar-refractivity contribution in [1.82, 2.24) is 0 Å². The molecule has 0 unspecified atom stereocenters. The summed E-state index contributed by atoms with van der Waals surface area (Å²) in [6, 6.07) is 0. The Morgan fingerprint density at radius 3 is 1.75 bits per heavy atom. The maximum atomic E-state index is 8.45. The van der Waals surface area contributed by atoms with Crippen LogP contribution in [0.25, 0.3) is 0 Å². The van der Waals surface area contributed by atoms with Gasteiger partial charge >= 0.3 is 0 Å². The van der Waals surface area contributed by atoms with Crippen molar-refractivity contribution in [3.05, 3.63) is 0 Å². The number of rotatable bonds is 0. The number of hydrogen-bond acceptors (Lipinski definition) is 1. The van der Waals surface area contributed by atoms with E-state index in [0.717, 1.165) is 5.75 Å². The van der Waals surface area contributed by atoms with E-state index in [1.165, 1.54) is 0 Å². The van der Waals surface area contributed by atoms with Crippen LogP contribution in [0.15, 0.2) is 0 Å². The minimum atomic E-state index is 0. The van der Waals surface area contributed by atoms with Crippen molar-refractivity contribution >= 4 is 17.3 Å². The predicted octanol–water partition coefficient (Wildman–Crippen LogP) is 0.290. The van der Waals surface area contributed by atoms with Crippen LogP contribution in [0.3, 0.4) is 0 Å². The molecule has 0 aromatic rings. The topological polar surface area (TPSA) is 17.1 Å². The number of halogens is 1. The van der Waals surface area contributed by atoms with Crippen LogP contribution in [-0.4, -0.2) is 5.75 Å². The molecule has 0 aromatic carbocycles. The molecule has 0 radical (unpaired) electrons. The Labute approximate surface area is 43.6 Å². The standard InChI is InChI=1S/CClO.Pt/c2-1-3;/q-1;. The average Bonchev–Trinajstić information content (AvgIpc) is 0.918. The molecule has 0 aromatic heterocycles. The van der Waals surface area contributed by atoms with Crippen molar-refractivity contribution in [2.24, 2.45) is 0 Å². The van der Waals surface area contributed by atoms with Gasteiger partial charge in [0.05, 0.1) is 0 Å². The van der Waals surface area contributed by atoms with E-state index in [1.807, 2.05) is 0 Å². The smallest absolute Gasteiger partial charge is 0 e. The molecule has 0 atom stereocenters. The summed E-state index contributed by atoms with van der Waals surface area (Å²) >= 11 is 4.19. The van der Waals surface area contributed by atoms with Gasteiger partial charge in [-0.3, -0.25) is 0 Å². The van der Waals surface area contributed by atoms with E-state index in [2.05, 4.69) is 11.6 Å². The van der Waals surface area contributed by atoms with Gasteiger partial charge in [0.25, 0.3) is 0 Å². The minimum absolute atomic E-state index is 0. The Balaban J connectivity index is 0. The molecular formula is CClOPt-. The van der Waals surface area contributed by atoms with Gasteiger partial charge in [-0.05, 0) is 0 Å². The van der Waals surface area contributed by atoms with Crippen LogP contribution in [0.2, 0.25) is 0 Å². The molecule has 0 bridgehead atoms. The first-order valence-electron chi connectivity index (χ1n) is 0.393. The molecule has 28 valence electrons. The molecule has 0 N–H and O–H groups in total. The molecule has 0 spiro atoms. The van der Waals surface area contributed by atoms with Crippen LogP contribution in [0.4, 0.5) is 0 Å². The normalized spacial score (nSPS) is 3.25. The SMILES string of the molecule is O=[C-]Cl.[Pt]. The van der Waals surface area contributed by atoms with E-state index in [4.69, 9.17) is 4.79 Å². The maximum Gasteiger partial charge on any atom is 0 e. The van der Waals surface area contributed by atoms with Gasteiger partial charge in [0.1, 0.15) is 0 Å². The van der Waals surface area contributed by atoms with E-state index in [-0.39, 0.29) is 21.1 Å². The summed E-state index contributed by atoms with van der Waals surface area (Å²) in [5, 5.41) is 0. The van der Waals surface area contributed by atoms with Gasteiger partial charge in [0.2, 0.25) is 0 Å². The van der Waals surface area contributed by atoms with E-state index in [0.29, 0.717) is 0 Å². The molecule has 1 nitrogen and oxygen atoms in total. The fourth-order valence-corrected chi connectivity index (χ4v) is 0. The summed E-state index contributed by atoms with van der Waals surface area (Å²) in [5.41, 5.74) is 0. The zero-order valence-corrected chi connectivity index (χ0v) is 4.63. The second kappa shape index (κ2) is 9.42. The van der Waals surface area contributed by atoms with Gasteiger partial charge in [0, 0.05) is 21.1 Å². The molecule has 0 aliphatic rings. The van der Waals surface area contributed by atoms with Crippen LogP contribution in [0, 0.1) is 0 Å². The van der Waals surface area contributed by atoms with Crippen LogP contribution in [0.5, 0.6) is 0 Å². The monoisotopic (exact) mass is 258 g/mol. The summed E-state index contributed by atoms with van der Waals surface area (Å²) in [5.74, 6) is 0.972. The third-order valence-corrected chi connectivity index (χ3v) is 0. The van der Waals surface area contributed by atoms with E-state index >= 15 is 0 Å². The first-order chi connectivity index (χ1) is 1.41. The van der Waals surface area contributed by atoms with Crippen molar-refractivity contribution in [2.45, 2.75) is 0 Å². The Kier molecular flexibility index (Phi) is 20.8. The quantitative estimate of drug-likeness (QED) is 0.451. The van der Waals surface area contributed by atoms with Gasteiger partial charge in [-0.15, -0.1) is 0 Å². The van der Waals surface area contributed by atoms with E-state index in [9.17, 15) is 0 Å². The molecule has 0 amide bonds. The summed E-state index contributed by atoms with van der Waals surface area (Å²) < 4.78 is 0. The molecular weight excluding hydrogens is 259 g/mol. The number of carbonyl (C=O) groups excluding carboxylic acids is 1. The number of hydrogen-bond donors (Lipinski definition) is 0. The van der Waals surface area contributed by atoms with Gasteiger partial charge in [-0.1, -0.05) is 0 Å². The van der Waals surface area contributed by atoms with Gasteiger partial charge < -0.3 is 16.4 Å². The zero-order valence-electron chi connectivity index (χ0n) is 1.60. The van der Waals surface area contributed by atoms with Crippen LogP contribution in [0.1, 0.15) is 0 Å². The Morgan fingerprint density at radius 1 is 1.75 bits per heavy atom. The van der Waals surface area contributed by atoms with Gasteiger partial charge in [0.15, 0.2) is 0 Å². The summed E-state index contributed by atoms with van der Waals surface area (Å²) in [6.45, 7) is 0.